The van der Waals surface area contributed by atoms with Gasteiger partial charge < -0.3 is 25.4 Å². The highest BCUT2D eigenvalue weighted by Crippen LogP contribution is 2.36. The van der Waals surface area contributed by atoms with Gasteiger partial charge in [-0.25, -0.2) is 9.97 Å². The van der Waals surface area contributed by atoms with Gasteiger partial charge in [-0.2, -0.15) is 0 Å². The maximum atomic E-state index is 9.96. The molecular weight excluding hydrogens is 390 g/mol. The number of aromatic nitrogens is 2. The minimum absolute atomic E-state index is 0.356. The van der Waals surface area contributed by atoms with Crippen molar-refractivity contribution < 1.29 is 9.84 Å². The predicted molar refractivity (Wildman–Crippen MR) is 126 cm³/mol. The number of hydrogen-bond donors (Lipinski definition) is 3. The molecule has 1 saturated carbocycles. The van der Waals surface area contributed by atoms with Crippen LogP contribution in [0.3, 0.4) is 0 Å². The van der Waals surface area contributed by atoms with Crippen LogP contribution in [-0.2, 0) is 4.74 Å². The number of aliphatic hydroxyl groups is 1. The van der Waals surface area contributed by atoms with Crippen molar-refractivity contribution >= 4 is 17.3 Å². The minimum atomic E-state index is -0.759. The van der Waals surface area contributed by atoms with Crippen LogP contribution in [0.4, 0.5) is 17.3 Å². The summed E-state index contributed by atoms with van der Waals surface area (Å²) in [4.78, 5) is 11.7. The Morgan fingerprint density at radius 1 is 1.26 bits per heavy atom. The number of hydrogen-bond acceptors (Lipinski definition) is 7. The van der Waals surface area contributed by atoms with Gasteiger partial charge in [-0.1, -0.05) is 39.5 Å². The Morgan fingerprint density at radius 3 is 2.77 bits per heavy atom. The van der Waals surface area contributed by atoms with E-state index in [2.05, 4.69) is 48.1 Å². The van der Waals surface area contributed by atoms with Gasteiger partial charge in [-0.15, -0.1) is 0 Å². The van der Waals surface area contributed by atoms with Crippen LogP contribution in [0, 0.1) is 23.7 Å². The van der Waals surface area contributed by atoms with E-state index in [0.29, 0.717) is 44.0 Å². The number of aliphatic hydroxyl groups excluding tert-OH is 1. The van der Waals surface area contributed by atoms with Crippen molar-refractivity contribution in [2.45, 2.75) is 85.0 Å². The number of nitrogens with one attached hydrogen (secondary N) is 2. The van der Waals surface area contributed by atoms with E-state index in [1.165, 1.54) is 25.7 Å². The van der Waals surface area contributed by atoms with Gasteiger partial charge in [0, 0.05) is 31.5 Å². The van der Waals surface area contributed by atoms with Gasteiger partial charge in [0.15, 0.2) is 17.9 Å². The molecule has 7 nitrogen and oxygen atoms in total. The second-order valence-electron chi connectivity index (χ2n) is 8.79. The molecular formula is C24H39N5O2. The molecule has 1 aromatic heterocycles. The number of fused-ring (bicyclic) bond motifs is 1. The first-order chi connectivity index (χ1) is 15.0. The third-order valence-electron chi connectivity index (χ3n) is 6.29. The fourth-order valence-corrected chi connectivity index (χ4v) is 4.40. The number of nitrogens with zero attached hydrogens (tertiary/aromatic N) is 3. The Bertz CT molecular complexity index is 771. The zero-order valence-corrected chi connectivity index (χ0v) is 19.6. The lowest BCUT2D eigenvalue weighted by atomic mass is 9.83. The minimum Gasteiger partial charge on any atom is -0.368 e. The topological polar surface area (TPSA) is 82.5 Å². The van der Waals surface area contributed by atoms with Gasteiger partial charge in [0.2, 0.25) is 5.82 Å². The molecule has 0 bridgehead atoms. The largest absolute Gasteiger partial charge is 0.368 e. The molecule has 3 atom stereocenters. The average Bonchev–Trinajstić information content (AvgIpc) is 3.18. The smallest absolute Gasteiger partial charge is 0.208 e. The summed E-state index contributed by atoms with van der Waals surface area (Å²) in [5.74, 6) is 10.2. The zero-order chi connectivity index (χ0) is 22.2. The van der Waals surface area contributed by atoms with Crippen LogP contribution in [0.1, 0.15) is 78.5 Å². The fourth-order valence-electron chi connectivity index (χ4n) is 4.40. The Hall–Kier alpha value is -2.04. The molecule has 0 saturated heterocycles. The first-order valence-electron chi connectivity index (χ1n) is 12.0. The molecule has 31 heavy (non-hydrogen) atoms. The molecule has 2 aliphatic rings. The van der Waals surface area contributed by atoms with Gasteiger partial charge >= 0.3 is 0 Å². The number of rotatable bonds is 9. The highest BCUT2D eigenvalue weighted by Gasteiger charge is 2.26. The Labute approximate surface area is 187 Å². The molecule has 0 aromatic carbocycles. The van der Waals surface area contributed by atoms with E-state index in [1.54, 1.807) is 0 Å². The van der Waals surface area contributed by atoms with Gasteiger partial charge in [-0.05, 0) is 44.4 Å². The molecule has 1 fully saturated rings. The van der Waals surface area contributed by atoms with Crippen LogP contribution in [-0.4, -0.2) is 47.2 Å². The third-order valence-corrected chi connectivity index (χ3v) is 6.29. The molecule has 7 heteroatoms. The molecule has 1 aliphatic carbocycles. The SMILES string of the molecule is CCOC(O)CCN1CNc2c(NC(CC)CC)nc(C#CC3CCC[C@@H](C)C3)nc21. The first kappa shape index (κ1) is 23.6. The quantitative estimate of drug-likeness (QED) is 0.401. The lowest BCUT2D eigenvalue weighted by molar-refractivity contribution is -0.0968. The zero-order valence-electron chi connectivity index (χ0n) is 19.6. The molecule has 0 spiro atoms. The van der Waals surface area contributed by atoms with Crippen molar-refractivity contribution in [3.05, 3.63) is 5.82 Å². The lowest BCUT2D eigenvalue weighted by Crippen LogP contribution is -2.28. The van der Waals surface area contributed by atoms with Crippen molar-refractivity contribution in [1.82, 2.24) is 9.97 Å². The van der Waals surface area contributed by atoms with Crippen molar-refractivity contribution in [3.63, 3.8) is 0 Å². The molecule has 172 valence electrons. The predicted octanol–water partition coefficient (Wildman–Crippen LogP) is 4.19. The van der Waals surface area contributed by atoms with Gasteiger partial charge in [0.25, 0.3) is 0 Å². The fraction of sp³-hybridized carbons (Fsp3) is 0.750. The van der Waals surface area contributed by atoms with E-state index >= 15 is 0 Å². The van der Waals surface area contributed by atoms with Crippen molar-refractivity contribution in [2.24, 2.45) is 11.8 Å². The molecule has 2 unspecified atom stereocenters. The average molecular weight is 430 g/mol. The maximum Gasteiger partial charge on any atom is 0.208 e. The van der Waals surface area contributed by atoms with Crippen molar-refractivity contribution in [2.75, 3.05) is 35.4 Å². The Kier molecular flexibility index (Phi) is 8.79. The lowest BCUT2D eigenvalue weighted by Gasteiger charge is -2.22. The number of ether oxygens (including phenoxy) is 1. The Balaban J connectivity index is 1.83. The summed E-state index contributed by atoms with van der Waals surface area (Å²) >= 11 is 0. The highest BCUT2D eigenvalue weighted by molar-refractivity contribution is 5.82. The monoisotopic (exact) mass is 429 g/mol. The summed E-state index contributed by atoms with van der Waals surface area (Å²) in [6.07, 6.45) is 6.73. The van der Waals surface area contributed by atoms with Crippen molar-refractivity contribution in [1.29, 1.82) is 0 Å². The highest BCUT2D eigenvalue weighted by atomic mass is 16.6. The standard InChI is InChI=1S/C24H39N5O2/c1-5-19(6-2)26-23-22-24(29(16-25-22)14-13-21(30)31-7-3)28-20(27-23)12-11-18-10-8-9-17(4)15-18/h17-19,21,25,30H,5-10,13-16H2,1-4H3,(H,26,27,28)/t17-,18?,21?/m1/s1. The van der Waals surface area contributed by atoms with E-state index in [9.17, 15) is 5.11 Å². The van der Waals surface area contributed by atoms with Crippen LogP contribution < -0.4 is 15.5 Å². The first-order valence-corrected chi connectivity index (χ1v) is 12.0. The van der Waals surface area contributed by atoms with Crippen LogP contribution >= 0.6 is 0 Å². The molecule has 3 rings (SSSR count). The molecule has 2 heterocycles. The van der Waals surface area contributed by atoms with E-state index in [1.807, 2.05) is 6.92 Å². The summed E-state index contributed by atoms with van der Waals surface area (Å²) in [5.41, 5.74) is 0.926. The third kappa shape index (κ3) is 6.47. The number of anilines is 3. The summed E-state index contributed by atoms with van der Waals surface area (Å²) in [6, 6.07) is 0.356. The van der Waals surface area contributed by atoms with E-state index < -0.39 is 6.29 Å². The van der Waals surface area contributed by atoms with E-state index in [4.69, 9.17) is 14.7 Å². The van der Waals surface area contributed by atoms with E-state index in [-0.39, 0.29) is 0 Å². The van der Waals surface area contributed by atoms with Gasteiger partial charge in [0.1, 0.15) is 5.69 Å². The maximum absolute atomic E-state index is 9.96. The van der Waals surface area contributed by atoms with E-state index in [0.717, 1.165) is 36.1 Å². The molecule has 1 aliphatic heterocycles. The van der Waals surface area contributed by atoms with Crippen LogP contribution in [0.2, 0.25) is 0 Å². The summed E-state index contributed by atoms with van der Waals surface area (Å²) in [7, 11) is 0. The summed E-state index contributed by atoms with van der Waals surface area (Å²) in [6.45, 7) is 10.4. The van der Waals surface area contributed by atoms with Crippen LogP contribution in [0.15, 0.2) is 0 Å². The van der Waals surface area contributed by atoms with Crippen LogP contribution in [0.25, 0.3) is 0 Å². The summed E-state index contributed by atoms with van der Waals surface area (Å²) in [5, 5.41) is 17.0. The molecule has 0 radical (unpaired) electrons. The van der Waals surface area contributed by atoms with Gasteiger partial charge in [-0.3, -0.25) is 0 Å². The second kappa shape index (κ2) is 11.5. The normalized spacial score (nSPS) is 21.3. The molecule has 0 amide bonds. The van der Waals surface area contributed by atoms with Crippen LogP contribution in [0.5, 0.6) is 0 Å². The molecule has 3 N–H and O–H groups in total. The van der Waals surface area contributed by atoms with Crippen molar-refractivity contribution in [3.8, 4) is 11.8 Å². The second-order valence-corrected chi connectivity index (χ2v) is 8.79. The summed E-state index contributed by atoms with van der Waals surface area (Å²) < 4.78 is 5.27. The Morgan fingerprint density at radius 2 is 2.06 bits per heavy atom. The molecule has 1 aromatic rings. The van der Waals surface area contributed by atoms with Gasteiger partial charge in [0.05, 0.1) is 6.67 Å².